The molecular formula is C38H45N7O2. The summed E-state index contributed by atoms with van der Waals surface area (Å²) in [7, 11) is 5.91. The Bertz CT molecular complexity index is 1860. The number of anilines is 1. The summed E-state index contributed by atoms with van der Waals surface area (Å²) in [6.45, 7) is 6.16. The first-order valence-electron chi connectivity index (χ1n) is 16.4. The van der Waals surface area contributed by atoms with Crippen LogP contribution in [0.5, 0.6) is 0 Å². The number of amides is 3. The molecule has 0 radical (unpaired) electrons. The van der Waals surface area contributed by atoms with E-state index in [0.717, 1.165) is 52.5 Å². The highest BCUT2D eigenvalue weighted by molar-refractivity contribution is 6.01. The van der Waals surface area contributed by atoms with Gasteiger partial charge in [0, 0.05) is 72.7 Å². The number of aromatic amines is 1. The number of urea groups is 1. The van der Waals surface area contributed by atoms with Gasteiger partial charge in [-0.2, -0.15) is 5.10 Å². The number of carbonyl (C=O) groups excluding carboxylic acids is 2. The molecule has 3 N–H and O–H groups in total. The van der Waals surface area contributed by atoms with Crippen LogP contribution < -0.4 is 10.6 Å². The van der Waals surface area contributed by atoms with Crippen molar-refractivity contribution in [2.24, 2.45) is 7.05 Å². The number of nitrogens with zero attached hydrogens (tertiary/aromatic N) is 4. The van der Waals surface area contributed by atoms with Crippen molar-refractivity contribution in [3.05, 3.63) is 108 Å². The summed E-state index contributed by atoms with van der Waals surface area (Å²) in [5.74, 6) is -0.158. The highest BCUT2D eigenvalue weighted by Crippen LogP contribution is 2.33. The third-order valence-electron chi connectivity index (χ3n) is 9.44. The van der Waals surface area contributed by atoms with E-state index >= 15 is 0 Å². The second-order valence-electron chi connectivity index (χ2n) is 13.1. The summed E-state index contributed by atoms with van der Waals surface area (Å²) in [6, 6.07) is 21.7. The van der Waals surface area contributed by atoms with E-state index in [4.69, 9.17) is 0 Å². The zero-order valence-electron chi connectivity index (χ0n) is 28.0. The molecule has 0 unspecified atom stereocenters. The van der Waals surface area contributed by atoms with Gasteiger partial charge >= 0.3 is 6.03 Å². The molecule has 9 nitrogen and oxygen atoms in total. The quantitative estimate of drug-likeness (QED) is 0.170. The Labute approximate surface area is 277 Å². The zero-order valence-corrected chi connectivity index (χ0v) is 28.0. The van der Waals surface area contributed by atoms with E-state index in [-0.39, 0.29) is 17.9 Å². The Balaban J connectivity index is 1.28. The van der Waals surface area contributed by atoms with Gasteiger partial charge in [-0.25, -0.2) is 4.79 Å². The third kappa shape index (κ3) is 7.10. The maximum absolute atomic E-state index is 14.4. The van der Waals surface area contributed by atoms with Crippen molar-refractivity contribution in [2.45, 2.75) is 51.1 Å². The van der Waals surface area contributed by atoms with Crippen LogP contribution in [0.2, 0.25) is 0 Å². The van der Waals surface area contributed by atoms with Crippen LogP contribution in [0.4, 0.5) is 10.5 Å². The van der Waals surface area contributed by atoms with Gasteiger partial charge in [-0.15, -0.1) is 0 Å². The fourth-order valence-corrected chi connectivity index (χ4v) is 6.91. The van der Waals surface area contributed by atoms with E-state index in [9.17, 15) is 9.59 Å². The number of hydrogen-bond acceptors (Lipinski definition) is 4. The molecule has 0 bridgehead atoms. The summed E-state index contributed by atoms with van der Waals surface area (Å²) < 4.78 is 1.75. The first-order chi connectivity index (χ1) is 22.7. The Morgan fingerprint density at radius 1 is 1.04 bits per heavy atom. The number of likely N-dealkylation sites (tertiary alicyclic amines) is 1. The van der Waals surface area contributed by atoms with Crippen LogP contribution >= 0.6 is 0 Å². The fourth-order valence-electron chi connectivity index (χ4n) is 6.91. The van der Waals surface area contributed by atoms with Crippen LogP contribution in [0, 0.1) is 6.92 Å². The van der Waals surface area contributed by atoms with Gasteiger partial charge < -0.3 is 25.4 Å². The normalized spacial score (nSPS) is 15.1. The van der Waals surface area contributed by atoms with E-state index < -0.39 is 6.04 Å². The summed E-state index contributed by atoms with van der Waals surface area (Å²) in [5.41, 5.74) is 8.16. The standard InChI is InChI=1S/C38H45N7O2/c1-25-10-6-7-11-30(25)28-16-18-45(19-17-28)38(47)42-36(26(2)33-22-39-34-13-9-8-12-32(33)34)37(46)41-35-20-27(23-43(3)4)14-15-31(35)29-21-40-44(5)24-29/h6-15,20-22,24,26,28,36,39H,16-19,23H2,1-5H3,(H,41,46)(H,42,47)/t26-,36+/m0/s1. The predicted molar refractivity (Wildman–Crippen MR) is 188 cm³/mol. The van der Waals surface area contributed by atoms with Crippen molar-refractivity contribution in [3.63, 3.8) is 0 Å². The Kier molecular flexibility index (Phi) is 9.45. The van der Waals surface area contributed by atoms with Crippen molar-refractivity contribution in [1.29, 1.82) is 0 Å². The van der Waals surface area contributed by atoms with Crippen LogP contribution in [0.1, 0.15) is 53.9 Å². The van der Waals surface area contributed by atoms with Gasteiger partial charge in [-0.05, 0) is 74.2 Å². The highest BCUT2D eigenvalue weighted by atomic mass is 16.2. The number of aromatic nitrogens is 3. The third-order valence-corrected chi connectivity index (χ3v) is 9.44. The molecule has 0 saturated carbocycles. The van der Waals surface area contributed by atoms with Crippen molar-refractivity contribution >= 4 is 28.5 Å². The smallest absolute Gasteiger partial charge is 0.318 e. The lowest BCUT2D eigenvalue weighted by atomic mass is 9.87. The van der Waals surface area contributed by atoms with Gasteiger partial charge in [0.2, 0.25) is 5.91 Å². The maximum atomic E-state index is 14.4. The SMILES string of the molecule is Cc1ccccc1C1CCN(C(=O)N[C@@H](C(=O)Nc2cc(CN(C)C)ccc2-c2cnn(C)c2)[C@@H](C)c2c[nH]c3ccccc23)CC1. The second-order valence-corrected chi connectivity index (χ2v) is 13.1. The van der Waals surface area contributed by atoms with Crippen LogP contribution in [-0.4, -0.2) is 69.7 Å². The van der Waals surface area contributed by atoms with Crippen molar-refractivity contribution in [1.82, 2.24) is 29.9 Å². The first-order valence-corrected chi connectivity index (χ1v) is 16.4. The lowest BCUT2D eigenvalue weighted by Gasteiger charge is -2.34. The molecule has 1 fully saturated rings. The molecule has 0 spiro atoms. The zero-order chi connectivity index (χ0) is 33.1. The predicted octanol–water partition coefficient (Wildman–Crippen LogP) is 6.64. The number of H-pyrrole nitrogens is 1. The maximum Gasteiger partial charge on any atom is 0.318 e. The summed E-state index contributed by atoms with van der Waals surface area (Å²) in [5, 5.41) is 11.8. The number of piperidine rings is 1. The van der Waals surface area contributed by atoms with Crippen LogP contribution in [0.25, 0.3) is 22.0 Å². The monoisotopic (exact) mass is 631 g/mol. The average molecular weight is 632 g/mol. The number of nitrogens with one attached hydrogen (secondary N) is 3. The van der Waals surface area contributed by atoms with Gasteiger partial charge in [0.05, 0.1) is 6.20 Å². The summed E-state index contributed by atoms with van der Waals surface area (Å²) in [6.07, 6.45) is 7.46. The molecule has 3 heterocycles. The van der Waals surface area contributed by atoms with Gasteiger partial charge in [0.25, 0.3) is 0 Å². The Morgan fingerprint density at radius 3 is 2.51 bits per heavy atom. The van der Waals surface area contributed by atoms with Gasteiger partial charge in [0.15, 0.2) is 0 Å². The molecule has 47 heavy (non-hydrogen) atoms. The van der Waals surface area contributed by atoms with E-state index in [1.54, 1.807) is 10.9 Å². The van der Waals surface area contributed by atoms with Gasteiger partial charge in [-0.1, -0.05) is 61.5 Å². The lowest BCUT2D eigenvalue weighted by Crippen LogP contribution is -2.53. The molecule has 9 heteroatoms. The topological polar surface area (TPSA) is 98.3 Å². The van der Waals surface area contributed by atoms with Crippen LogP contribution in [0.3, 0.4) is 0 Å². The number of rotatable bonds is 9. The number of carbonyl (C=O) groups is 2. The number of benzene rings is 3. The molecule has 5 aromatic rings. The minimum absolute atomic E-state index is 0.214. The molecule has 2 atom stereocenters. The van der Waals surface area contributed by atoms with Crippen LogP contribution in [0.15, 0.2) is 85.3 Å². The van der Waals surface area contributed by atoms with Gasteiger partial charge in [0.1, 0.15) is 6.04 Å². The average Bonchev–Trinajstić information content (AvgIpc) is 3.70. The van der Waals surface area contributed by atoms with Gasteiger partial charge in [-0.3, -0.25) is 9.48 Å². The molecule has 1 saturated heterocycles. The molecule has 1 aliphatic rings. The number of aryl methyl sites for hydroxylation is 2. The van der Waals surface area contributed by atoms with E-state index in [0.29, 0.717) is 24.7 Å². The molecule has 2 aromatic heterocycles. The largest absolute Gasteiger partial charge is 0.361 e. The molecule has 6 rings (SSSR count). The summed E-state index contributed by atoms with van der Waals surface area (Å²) >= 11 is 0. The molecule has 0 aliphatic carbocycles. The lowest BCUT2D eigenvalue weighted by molar-refractivity contribution is -0.118. The van der Waals surface area contributed by atoms with Crippen molar-refractivity contribution < 1.29 is 9.59 Å². The molecule has 244 valence electrons. The van der Waals surface area contributed by atoms with E-state index in [1.165, 1.54) is 11.1 Å². The molecular weight excluding hydrogens is 586 g/mol. The van der Waals surface area contributed by atoms with E-state index in [2.05, 4.69) is 68.9 Å². The van der Waals surface area contributed by atoms with E-state index in [1.807, 2.05) is 75.7 Å². The summed E-state index contributed by atoms with van der Waals surface area (Å²) in [4.78, 5) is 35.6. The number of hydrogen-bond donors (Lipinski definition) is 3. The minimum Gasteiger partial charge on any atom is -0.361 e. The van der Waals surface area contributed by atoms with Crippen molar-refractivity contribution in [3.8, 4) is 11.1 Å². The molecule has 3 aromatic carbocycles. The number of fused-ring (bicyclic) bond motifs is 1. The fraction of sp³-hybridized carbons (Fsp3) is 0.342. The molecule has 3 amide bonds. The molecule has 1 aliphatic heterocycles. The van der Waals surface area contributed by atoms with Crippen molar-refractivity contribution in [2.75, 3.05) is 32.5 Å². The first kappa shape index (κ1) is 32.1. The Hall–Kier alpha value is -4.89. The highest BCUT2D eigenvalue weighted by Gasteiger charge is 2.33. The van der Waals surface area contributed by atoms with Crippen LogP contribution in [-0.2, 0) is 18.4 Å². The second kappa shape index (κ2) is 13.8. The number of para-hydroxylation sites is 1. The Morgan fingerprint density at radius 2 is 1.79 bits per heavy atom. The minimum atomic E-state index is -0.824.